The molecule has 0 saturated heterocycles. The van der Waals surface area contributed by atoms with Crippen LogP contribution in [0, 0.1) is 17.6 Å². The Kier molecular flexibility index (Phi) is 12.1. The fraction of sp³-hybridized carbons (Fsp3) is 0.290. The summed E-state index contributed by atoms with van der Waals surface area (Å²) >= 11 is 0. The Hall–Kier alpha value is -4.40. The molecule has 40 heavy (non-hydrogen) atoms. The summed E-state index contributed by atoms with van der Waals surface area (Å²) in [5.41, 5.74) is 1.43. The third kappa shape index (κ3) is 9.11. The number of fused-ring (bicyclic) bond motifs is 1. The molecule has 9 heteroatoms. The number of hydrogen-bond donors (Lipinski definition) is 2. The zero-order valence-electron chi connectivity index (χ0n) is 23.2. The average molecular weight is 553 g/mol. The number of carbonyl (C=O) groups excluding carboxylic acids is 4. The summed E-state index contributed by atoms with van der Waals surface area (Å²) in [6.07, 6.45) is 2.36. The van der Waals surface area contributed by atoms with Crippen LogP contribution < -0.4 is 10.6 Å². The van der Waals surface area contributed by atoms with Crippen LogP contribution in [0.1, 0.15) is 55.1 Å². The second kappa shape index (κ2) is 15.3. The molecule has 0 aromatic heterocycles. The predicted molar refractivity (Wildman–Crippen MR) is 150 cm³/mol. The maximum absolute atomic E-state index is 13.5. The Morgan fingerprint density at radius 1 is 0.875 bits per heavy atom. The van der Waals surface area contributed by atoms with E-state index < -0.39 is 41.1 Å². The van der Waals surface area contributed by atoms with Gasteiger partial charge >= 0.3 is 17.8 Å². The zero-order valence-corrected chi connectivity index (χ0v) is 23.2. The molecule has 212 valence electrons. The summed E-state index contributed by atoms with van der Waals surface area (Å²) in [6, 6.07) is 16.7. The van der Waals surface area contributed by atoms with E-state index in [1.54, 1.807) is 13.8 Å². The lowest BCUT2D eigenvalue weighted by Gasteiger charge is -2.12. The zero-order chi connectivity index (χ0) is 29.8. The van der Waals surface area contributed by atoms with Gasteiger partial charge in [0, 0.05) is 30.6 Å². The van der Waals surface area contributed by atoms with Gasteiger partial charge in [-0.1, -0.05) is 76.2 Å². The van der Waals surface area contributed by atoms with Crippen LogP contribution in [0.4, 0.5) is 8.78 Å². The van der Waals surface area contributed by atoms with Crippen molar-refractivity contribution in [2.45, 2.75) is 40.2 Å². The number of esters is 1. The van der Waals surface area contributed by atoms with E-state index >= 15 is 0 Å². The second-order valence-corrected chi connectivity index (χ2v) is 9.48. The van der Waals surface area contributed by atoms with Crippen LogP contribution in [0.3, 0.4) is 0 Å². The number of nitrogens with one attached hydrogen (secondary N) is 2. The number of amides is 2. The van der Waals surface area contributed by atoms with E-state index in [1.165, 1.54) is 29.5 Å². The minimum absolute atomic E-state index is 0.0549. The average Bonchev–Trinajstić information content (AvgIpc) is 2.94. The van der Waals surface area contributed by atoms with Gasteiger partial charge in [0.2, 0.25) is 0 Å². The predicted octanol–water partition coefficient (Wildman–Crippen LogP) is 5.23. The number of carbonyl (C=O) groups is 4. The maximum atomic E-state index is 13.5. The molecular weight excluding hydrogens is 518 g/mol. The number of rotatable bonds is 8. The molecule has 0 aliphatic carbocycles. The summed E-state index contributed by atoms with van der Waals surface area (Å²) in [6.45, 7) is 7.24. The molecule has 0 unspecified atom stereocenters. The molecule has 0 radical (unpaired) electrons. The van der Waals surface area contributed by atoms with Gasteiger partial charge in [-0.2, -0.15) is 0 Å². The topological polar surface area (TPSA) is 102 Å². The van der Waals surface area contributed by atoms with Crippen molar-refractivity contribution in [3.05, 3.63) is 95.1 Å². The van der Waals surface area contributed by atoms with Crippen LogP contribution in [0.15, 0.2) is 66.7 Å². The lowest BCUT2D eigenvalue weighted by atomic mass is 9.96. The minimum Gasteiger partial charge on any atom is -0.466 e. The first-order valence-corrected chi connectivity index (χ1v) is 12.8. The highest BCUT2D eigenvalue weighted by atomic mass is 19.2. The molecule has 3 rings (SSSR count). The molecule has 0 spiro atoms. The fourth-order valence-electron chi connectivity index (χ4n) is 3.74. The van der Waals surface area contributed by atoms with Crippen molar-refractivity contribution >= 4 is 34.3 Å². The molecule has 7 nitrogen and oxygen atoms in total. The summed E-state index contributed by atoms with van der Waals surface area (Å²) in [5.74, 6) is -5.27. The molecule has 3 aromatic rings. The van der Waals surface area contributed by atoms with Crippen LogP contribution in [-0.2, 0) is 25.7 Å². The molecule has 0 saturated carbocycles. The van der Waals surface area contributed by atoms with Gasteiger partial charge in [0.05, 0.1) is 7.11 Å². The van der Waals surface area contributed by atoms with Crippen molar-refractivity contribution < 1.29 is 32.7 Å². The van der Waals surface area contributed by atoms with Gasteiger partial charge in [0.1, 0.15) is 0 Å². The first-order valence-electron chi connectivity index (χ1n) is 12.8. The van der Waals surface area contributed by atoms with Gasteiger partial charge in [-0.3, -0.25) is 14.4 Å². The van der Waals surface area contributed by atoms with Crippen molar-refractivity contribution in [2.24, 2.45) is 5.92 Å². The van der Waals surface area contributed by atoms with Gasteiger partial charge < -0.3 is 15.4 Å². The molecule has 2 N–H and O–H groups in total. The van der Waals surface area contributed by atoms with E-state index in [2.05, 4.69) is 71.7 Å². The Labute approximate surface area is 232 Å². The number of halogens is 2. The lowest BCUT2D eigenvalue weighted by Crippen LogP contribution is -2.39. The Balaban J connectivity index is 0.000000355. The molecular formula is C31H34F2N2O5. The normalized spacial score (nSPS) is 10.8. The van der Waals surface area contributed by atoms with Crippen LogP contribution in [0.2, 0.25) is 0 Å². The Morgan fingerprint density at radius 3 is 2.15 bits per heavy atom. The van der Waals surface area contributed by atoms with Gasteiger partial charge in [0.25, 0.3) is 0 Å². The molecule has 0 fully saturated rings. The van der Waals surface area contributed by atoms with E-state index in [9.17, 15) is 28.0 Å². The highest BCUT2D eigenvalue weighted by Crippen LogP contribution is 2.24. The SMILES string of the molecule is CC(C)c1cccc2ccccc12.COC(=O)/C=C/CNC(=O)C(=O)NCc1cc(F)c(F)cc1C(=O)C(C)C. The van der Waals surface area contributed by atoms with E-state index in [0.29, 0.717) is 5.92 Å². The summed E-state index contributed by atoms with van der Waals surface area (Å²) in [7, 11) is 1.19. The highest BCUT2D eigenvalue weighted by Gasteiger charge is 2.20. The molecule has 0 aliphatic heterocycles. The van der Waals surface area contributed by atoms with Crippen molar-refractivity contribution in [1.82, 2.24) is 10.6 Å². The molecule has 0 aliphatic rings. The standard InChI is InChI=1S/C18H20F2N2O5.C13H14/c1-10(2)16(24)12-8-14(20)13(19)7-11(12)9-22-18(26)17(25)21-6-4-5-15(23)27-3;1-10(2)12-9-5-7-11-6-3-4-8-13(11)12/h4-5,7-8,10H,6,9H2,1-3H3,(H,21,25)(H,22,26);3-10H,1-2H3/b5-4+;. The van der Waals surface area contributed by atoms with E-state index in [0.717, 1.165) is 18.2 Å². The van der Waals surface area contributed by atoms with Crippen molar-refractivity contribution in [2.75, 3.05) is 13.7 Å². The lowest BCUT2D eigenvalue weighted by molar-refractivity contribution is -0.139. The first kappa shape index (κ1) is 31.8. The molecule has 0 atom stereocenters. The number of Topliss-reactive ketones (excluding diaryl/α,β-unsaturated/α-hetero) is 1. The maximum Gasteiger partial charge on any atom is 0.330 e. The van der Waals surface area contributed by atoms with Crippen LogP contribution >= 0.6 is 0 Å². The van der Waals surface area contributed by atoms with Crippen LogP contribution in [-0.4, -0.2) is 37.2 Å². The summed E-state index contributed by atoms with van der Waals surface area (Å²) < 4.78 is 31.3. The number of methoxy groups -OCH3 is 1. The van der Waals surface area contributed by atoms with Gasteiger partial charge in [-0.25, -0.2) is 13.6 Å². The van der Waals surface area contributed by atoms with E-state index in [1.807, 2.05) is 0 Å². The van der Waals surface area contributed by atoms with Crippen molar-refractivity contribution in [3.63, 3.8) is 0 Å². The molecule has 0 bridgehead atoms. The van der Waals surface area contributed by atoms with Gasteiger partial charge in [-0.05, 0) is 39.9 Å². The van der Waals surface area contributed by atoms with Crippen molar-refractivity contribution in [3.8, 4) is 0 Å². The Bertz CT molecular complexity index is 1390. The third-order valence-corrected chi connectivity index (χ3v) is 5.86. The summed E-state index contributed by atoms with van der Waals surface area (Å²) in [4.78, 5) is 46.4. The number of hydrogen-bond acceptors (Lipinski definition) is 5. The molecule has 3 aromatic carbocycles. The Morgan fingerprint density at radius 2 is 1.50 bits per heavy atom. The quantitative estimate of drug-likeness (QED) is 0.173. The van der Waals surface area contributed by atoms with E-state index in [-0.39, 0.29) is 24.2 Å². The second-order valence-electron chi connectivity index (χ2n) is 9.48. The van der Waals surface area contributed by atoms with Crippen LogP contribution in [0.5, 0.6) is 0 Å². The minimum atomic E-state index is -1.18. The van der Waals surface area contributed by atoms with Crippen LogP contribution in [0.25, 0.3) is 10.8 Å². The fourth-order valence-corrected chi connectivity index (χ4v) is 3.74. The van der Waals surface area contributed by atoms with Gasteiger partial charge in [-0.15, -0.1) is 0 Å². The molecule has 2 amide bonds. The monoisotopic (exact) mass is 552 g/mol. The number of benzene rings is 3. The third-order valence-electron chi connectivity index (χ3n) is 5.86. The smallest absolute Gasteiger partial charge is 0.330 e. The van der Waals surface area contributed by atoms with E-state index in [4.69, 9.17) is 0 Å². The largest absolute Gasteiger partial charge is 0.466 e. The first-order chi connectivity index (χ1) is 19.0. The van der Waals surface area contributed by atoms with Crippen molar-refractivity contribution in [1.29, 1.82) is 0 Å². The highest BCUT2D eigenvalue weighted by molar-refractivity contribution is 6.35. The van der Waals surface area contributed by atoms with Gasteiger partial charge in [0.15, 0.2) is 17.4 Å². The number of ketones is 1. The molecule has 0 heterocycles. The summed E-state index contributed by atoms with van der Waals surface area (Å²) in [5, 5.41) is 7.19. The number of ether oxygens (including phenoxy) is 1.